The lowest BCUT2D eigenvalue weighted by molar-refractivity contribution is 0.627. The quantitative estimate of drug-likeness (QED) is 0.420. The lowest BCUT2D eigenvalue weighted by atomic mass is 10.3. The van der Waals surface area contributed by atoms with E-state index >= 15 is 0 Å². The highest BCUT2D eigenvalue weighted by atomic mass is 35.5. The predicted octanol–water partition coefficient (Wildman–Crippen LogP) is 2.28. The minimum Gasteiger partial charge on any atom is -0.232 e. The van der Waals surface area contributed by atoms with E-state index in [1.165, 1.54) is 4.68 Å². The highest BCUT2D eigenvalue weighted by Gasteiger charge is 2.08. The van der Waals surface area contributed by atoms with Crippen LogP contribution in [0.3, 0.4) is 0 Å². The summed E-state index contributed by atoms with van der Waals surface area (Å²) < 4.78 is 3.17. The lowest BCUT2D eigenvalue weighted by Crippen LogP contribution is -2.09. The second kappa shape index (κ2) is 5.19. The Morgan fingerprint density at radius 3 is 2.36 bits per heavy atom. The summed E-state index contributed by atoms with van der Waals surface area (Å²) in [4.78, 5) is 4.31. The van der Waals surface area contributed by atoms with Gasteiger partial charge in [-0.2, -0.15) is 4.68 Å². The average molecular weight is 312 g/mol. The zero-order chi connectivity index (χ0) is 14.9. The SMILES string of the molecule is ClC(=NCn1nnc2ccccc21)n1nnc2ccccc21. The van der Waals surface area contributed by atoms with Crippen molar-refractivity contribution in [3.63, 3.8) is 0 Å². The number of nitrogens with zero attached hydrogens (tertiary/aromatic N) is 7. The second-order valence-electron chi connectivity index (χ2n) is 4.64. The van der Waals surface area contributed by atoms with Gasteiger partial charge in [-0.05, 0) is 35.9 Å². The van der Waals surface area contributed by atoms with Crippen LogP contribution in [0, 0.1) is 0 Å². The Labute approximate surface area is 129 Å². The third-order valence-corrected chi connectivity index (χ3v) is 3.56. The zero-order valence-electron chi connectivity index (χ0n) is 11.3. The minimum absolute atomic E-state index is 0.230. The molecule has 0 aliphatic carbocycles. The van der Waals surface area contributed by atoms with Gasteiger partial charge >= 0.3 is 0 Å². The summed E-state index contributed by atoms with van der Waals surface area (Å²) >= 11 is 6.24. The number of fused-ring (bicyclic) bond motifs is 2. The molecule has 7 nitrogen and oxygen atoms in total. The second-order valence-corrected chi connectivity index (χ2v) is 4.97. The van der Waals surface area contributed by atoms with E-state index in [0.717, 1.165) is 22.1 Å². The van der Waals surface area contributed by atoms with Crippen LogP contribution in [-0.4, -0.2) is 35.3 Å². The number of halogens is 1. The van der Waals surface area contributed by atoms with Crippen LogP contribution in [0.25, 0.3) is 22.1 Å². The van der Waals surface area contributed by atoms with Gasteiger partial charge in [-0.15, -0.1) is 10.2 Å². The fourth-order valence-electron chi connectivity index (χ4n) is 2.22. The molecule has 0 saturated carbocycles. The van der Waals surface area contributed by atoms with Crippen LogP contribution in [0.4, 0.5) is 0 Å². The molecule has 0 aliphatic heterocycles. The minimum atomic E-state index is 0.230. The van der Waals surface area contributed by atoms with E-state index in [1.54, 1.807) is 4.68 Å². The van der Waals surface area contributed by atoms with Crippen molar-refractivity contribution in [3.05, 3.63) is 48.5 Å². The molecule has 0 amide bonds. The third-order valence-electron chi connectivity index (χ3n) is 3.28. The van der Waals surface area contributed by atoms with E-state index in [0.29, 0.717) is 0 Å². The summed E-state index contributed by atoms with van der Waals surface area (Å²) in [5.74, 6) is 0. The van der Waals surface area contributed by atoms with Gasteiger partial charge in [0.2, 0.25) is 5.29 Å². The van der Waals surface area contributed by atoms with Crippen molar-refractivity contribution < 1.29 is 0 Å². The maximum Gasteiger partial charge on any atom is 0.222 e. The summed E-state index contributed by atoms with van der Waals surface area (Å²) in [5, 5.41) is 16.4. The van der Waals surface area contributed by atoms with Gasteiger partial charge in [0, 0.05) is 0 Å². The predicted molar refractivity (Wildman–Crippen MR) is 83.7 cm³/mol. The molecule has 2 aromatic heterocycles. The first kappa shape index (κ1) is 12.9. The average Bonchev–Trinajstić information content (AvgIpc) is 3.17. The Morgan fingerprint density at radius 1 is 0.909 bits per heavy atom. The van der Waals surface area contributed by atoms with Crippen molar-refractivity contribution in [2.24, 2.45) is 4.99 Å². The van der Waals surface area contributed by atoms with Crippen molar-refractivity contribution >= 4 is 39.0 Å². The molecule has 8 heteroatoms. The molecule has 108 valence electrons. The molecular weight excluding hydrogens is 302 g/mol. The number of aliphatic imine (C=N–C) groups is 1. The molecule has 2 aromatic carbocycles. The molecule has 0 N–H and O–H groups in total. The van der Waals surface area contributed by atoms with Gasteiger partial charge in [-0.1, -0.05) is 34.7 Å². The number of rotatable bonds is 2. The molecular formula is C14H10ClN7. The van der Waals surface area contributed by atoms with Crippen molar-refractivity contribution in [3.8, 4) is 0 Å². The highest BCUT2D eigenvalue weighted by Crippen LogP contribution is 2.12. The number of hydrogen-bond donors (Lipinski definition) is 0. The largest absolute Gasteiger partial charge is 0.232 e. The molecule has 4 aromatic rings. The Hall–Kier alpha value is -2.80. The third kappa shape index (κ3) is 2.11. The van der Waals surface area contributed by atoms with Crippen LogP contribution >= 0.6 is 11.6 Å². The van der Waals surface area contributed by atoms with E-state index in [2.05, 4.69) is 25.6 Å². The summed E-state index contributed by atoms with van der Waals surface area (Å²) in [5.41, 5.74) is 3.29. The molecule has 0 unspecified atom stereocenters. The number of benzene rings is 2. The molecule has 0 saturated heterocycles. The van der Waals surface area contributed by atoms with Crippen LogP contribution in [-0.2, 0) is 6.67 Å². The molecule has 0 spiro atoms. The standard InChI is InChI=1S/C14H10ClN7/c15-14(22-13-8-4-2-6-11(13)18-20-22)16-9-21-12-7-3-1-5-10(12)17-19-21/h1-8H,9H2. The normalized spacial score (nSPS) is 12.3. The first-order chi connectivity index (χ1) is 10.8. The van der Waals surface area contributed by atoms with E-state index in [-0.39, 0.29) is 12.0 Å². The van der Waals surface area contributed by atoms with E-state index < -0.39 is 0 Å². The Bertz CT molecular complexity index is 985. The molecule has 0 fully saturated rings. The smallest absolute Gasteiger partial charge is 0.222 e. The molecule has 0 radical (unpaired) electrons. The first-order valence-corrected chi connectivity index (χ1v) is 7.00. The van der Waals surface area contributed by atoms with Gasteiger partial charge in [-0.3, -0.25) is 0 Å². The first-order valence-electron chi connectivity index (χ1n) is 6.62. The lowest BCUT2D eigenvalue weighted by Gasteiger charge is -2.00. The summed E-state index contributed by atoms with van der Waals surface area (Å²) in [6.07, 6.45) is 0. The maximum absolute atomic E-state index is 6.24. The van der Waals surface area contributed by atoms with Crippen molar-refractivity contribution in [1.82, 2.24) is 30.0 Å². The van der Waals surface area contributed by atoms with E-state index in [1.807, 2.05) is 48.5 Å². The van der Waals surface area contributed by atoms with Gasteiger partial charge in [0.1, 0.15) is 17.7 Å². The Balaban J connectivity index is 1.68. The summed E-state index contributed by atoms with van der Waals surface area (Å²) in [6.45, 7) is 0.257. The van der Waals surface area contributed by atoms with Crippen LogP contribution in [0.5, 0.6) is 0 Å². The van der Waals surface area contributed by atoms with Crippen LogP contribution in [0.15, 0.2) is 53.5 Å². The monoisotopic (exact) mass is 311 g/mol. The molecule has 0 bridgehead atoms. The molecule has 0 atom stereocenters. The number of aromatic nitrogens is 6. The van der Waals surface area contributed by atoms with Crippen molar-refractivity contribution in [2.75, 3.05) is 0 Å². The van der Waals surface area contributed by atoms with Gasteiger partial charge < -0.3 is 0 Å². The van der Waals surface area contributed by atoms with Gasteiger partial charge in [0.25, 0.3) is 0 Å². The van der Waals surface area contributed by atoms with Crippen LogP contribution in [0.1, 0.15) is 0 Å². The van der Waals surface area contributed by atoms with Crippen LogP contribution in [0.2, 0.25) is 0 Å². The molecule has 4 rings (SSSR count). The molecule has 0 aliphatic rings. The molecule has 22 heavy (non-hydrogen) atoms. The number of hydrogen-bond acceptors (Lipinski definition) is 5. The van der Waals surface area contributed by atoms with E-state index in [9.17, 15) is 0 Å². The topological polar surface area (TPSA) is 73.8 Å². The zero-order valence-corrected chi connectivity index (χ0v) is 12.1. The van der Waals surface area contributed by atoms with Crippen molar-refractivity contribution in [2.45, 2.75) is 6.67 Å². The fourth-order valence-corrected chi connectivity index (χ4v) is 2.40. The van der Waals surface area contributed by atoms with Gasteiger partial charge in [0.05, 0.1) is 11.0 Å². The molecule has 2 heterocycles. The fraction of sp³-hybridized carbons (Fsp3) is 0.0714. The van der Waals surface area contributed by atoms with Crippen LogP contribution < -0.4 is 0 Å². The maximum atomic E-state index is 6.24. The Morgan fingerprint density at radius 2 is 1.55 bits per heavy atom. The van der Waals surface area contributed by atoms with Gasteiger partial charge in [0.15, 0.2) is 0 Å². The Kier molecular flexibility index (Phi) is 3.05. The number of para-hydroxylation sites is 2. The van der Waals surface area contributed by atoms with Gasteiger partial charge in [-0.25, -0.2) is 9.67 Å². The van der Waals surface area contributed by atoms with Crippen molar-refractivity contribution in [1.29, 1.82) is 0 Å². The highest BCUT2D eigenvalue weighted by molar-refractivity contribution is 6.65. The van der Waals surface area contributed by atoms with E-state index in [4.69, 9.17) is 11.6 Å². The summed E-state index contributed by atoms with van der Waals surface area (Å²) in [6, 6.07) is 15.2. The summed E-state index contributed by atoms with van der Waals surface area (Å²) in [7, 11) is 0.